The van der Waals surface area contributed by atoms with Gasteiger partial charge in [-0.05, 0) is 28.7 Å². The predicted molar refractivity (Wildman–Crippen MR) is 103 cm³/mol. The Morgan fingerprint density at radius 3 is 2.08 bits per heavy atom. The van der Waals surface area contributed by atoms with Crippen molar-refractivity contribution in [2.75, 3.05) is 6.61 Å². The zero-order chi connectivity index (χ0) is 18.5. The fourth-order valence-corrected chi connectivity index (χ4v) is 3.89. The Morgan fingerprint density at radius 1 is 0.962 bits per heavy atom. The van der Waals surface area contributed by atoms with Crippen molar-refractivity contribution in [3.8, 4) is 11.1 Å². The topological polar surface area (TPSA) is 43.4 Å². The van der Waals surface area contributed by atoms with Crippen LogP contribution in [0.15, 0.2) is 48.5 Å². The Labute approximate surface area is 155 Å². The average Bonchev–Trinajstić information content (AvgIpc) is 2.99. The van der Waals surface area contributed by atoms with Gasteiger partial charge in [0.25, 0.3) is 0 Å². The second kappa shape index (κ2) is 8.31. The van der Waals surface area contributed by atoms with Crippen molar-refractivity contribution in [1.82, 2.24) is 0 Å². The molecule has 0 fully saturated rings. The lowest BCUT2D eigenvalue weighted by atomic mass is 9.93. The number of rotatable bonds is 8. The van der Waals surface area contributed by atoms with Crippen molar-refractivity contribution in [2.24, 2.45) is 5.92 Å². The van der Waals surface area contributed by atoms with Crippen molar-refractivity contribution in [3.05, 3.63) is 59.7 Å². The summed E-state index contributed by atoms with van der Waals surface area (Å²) in [6.07, 6.45) is 2.31. The van der Waals surface area contributed by atoms with E-state index in [1.165, 1.54) is 22.3 Å². The Hall–Kier alpha value is -2.42. The summed E-state index contributed by atoms with van der Waals surface area (Å²) in [4.78, 5) is 24.4. The van der Waals surface area contributed by atoms with E-state index in [0.717, 1.165) is 12.8 Å². The molecule has 3 heteroatoms. The van der Waals surface area contributed by atoms with Crippen LogP contribution in [0.1, 0.15) is 56.6 Å². The number of fused-ring (bicyclic) bond motifs is 3. The maximum atomic E-state index is 12.4. The molecule has 0 radical (unpaired) electrons. The molecule has 0 N–H and O–H groups in total. The van der Waals surface area contributed by atoms with Gasteiger partial charge in [-0.3, -0.25) is 9.59 Å². The Kier molecular flexibility index (Phi) is 5.87. The molecule has 0 heterocycles. The summed E-state index contributed by atoms with van der Waals surface area (Å²) in [5.74, 6) is -0.258. The lowest BCUT2D eigenvalue weighted by Gasteiger charge is -2.16. The molecule has 26 heavy (non-hydrogen) atoms. The zero-order valence-electron chi connectivity index (χ0n) is 15.5. The fraction of sp³-hybridized carbons (Fsp3) is 0.391. The highest BCUT2D eigenvalue weighted by atomic mass is 16.5. The molecule has 0 bridgehead atoms. The normalized spacial score (nSPS) is 13.8. The summed E-state index contributed by atoms with van der Waals surface area (Å²) < 4.78 is 5.62. The summed E-state index contributed by atoms with van der Waals surface area (Å²) in [7, 11) is 0. The minimum atomic E-state index is -0.271. The fourth-order valence-electron chi connectivity index (χ4n) is 3.89. The molecule has 0 spiro atoms. The van der Waals surface area contributed by atoms with E-state index in [1.54, 1.807) is 0 Å². The molecule has 0 saturated carbocycles. The van der Waals surface area contributed by atoms with Crippen LogP contribution in [-0.4, -0.2) is 18.4 Å². The number of Topliss-reactive ketones (excluding diaryl/α,β-unsaturated/α-hetero) is 1. The van der Waals surface area contributed by atoms with Crippen molar-refractivity contribution >= 4 is 11.8 Å². The first-order valence-electron chi connectivity index (χ1n) is 9.52. The highest BCUT2D eigenvalue weighted by molar-refractivity contribution is 5.85. The maximum absolute atomic E-state index is 12.4. The molecular weight excluding hydrogens is 324 g/mol. The number of carbonyl (C=O) groups excluding carboxylic acids is 2. The van der Waals surface area contributed by atoms with E-state index in [9.17, 15) is 9.59 Å². The highest BCUT2D eigenvalue weighted by Gasteiger charge is 2.29. The van der Waals surface area contributed by atoms with Gasteiger partial charge in [-0.25, -0.2) is 0 Å². The van der Waals surface area contributed by atoms with E-state index >= 15 is 0 Å². The molecule has 2 aromatic carbocycles. The van der Waals surface area contributed by atoms with Crippen LogP contribution < -0.4 is 0 Å². The second-order valence-corrected chi connectivity index (χ2v) is 6.92. The van der Waals surface area contributed by atoms with Gasteiger partial charge >= 0.3 is 5.97 Å². The number of benzene rings is 2. The molecule has 1 aliphatic rings. The number of ketones is 1. The molecule has 3 rings (SSSR count). The minimum absolute atomic E-state index is 0.0675. The van der Waals surface area contributed by atoms with E-state index in [2.05, 4.69) is 24.3 Å². The molecule has 1 aliphatic carbocycles. The lowest BCUT2D eigenvalue weighted by Crippen LogP contribution is -2.20. The van der Waals surface area contributed by atoms with Crippen LogP contribution in [0.3, 0.4) is 0 Å². The molecule has 2 aromatic rings. The first-order valence-corrected chi connectivity index (χ1v) is 9.52. The van der Waals surface area contributed by atoms with Crippen LogP contribution in [0.5, 0.6) is 0 Å². The van der Waals surface area contributed by atoms with E-state index < -0.39 is 0 Å². The molecule has 1 atom stereocenters. The van der Waals surface area contributed by atoms with Crippen molar-refractivity contribution in [3.63, 3.8) is 0 Å². The zero-order valence-corrected chi connectivity index (χ0v) is 15.5. The van der Waals surface area contributed by atoms with Crippen LogP contribution >= 0.6 is 0 Å². The summed E-state index contributed by atoms with van der Waals surface area (Å²) in [6, 6.07) is 16.6. The van der Waals surface area contributed by atoms with Gasteiger partial charge < -0.3 is 4.74 Å². The van der Waals surface area contributed by atoms with E-state index in [-0.39, 0.29) is 30.0 Å². The smallest absolute Gasteiger partial charge is 0.306 e. The third kappa shape index (κ3) is 3.72. The van der Waals surface area contributed by atoms with Gasteiger partial charge in [-0.2, -0.15) is 0 Å². The van der Waals surface area contributed by atoms with Gasteiger partial charge in [0.05, 0.1) is 6.42 Å². The molecule has 0 aliphatic heterocycles. The Morgan fingerprint density at radius 2 is 1.54 bits per heavy atom. The summed E-state index contributed by atoms with van der Waals surface area (Å²) in [5, 5.41) is 0. The van der Waals surface area contributed by atoms with E-state index in [0.29, 0.717) is 13.0 Å². The quantitative estimate of drug-likeness (QED) is 0.620. The summed E-state index contributed by atoms with van der Waals surface area (Å²) in [6.45, 7) is 4.21. The van der Waals surface area contributed by atoms with Crippen molar-refractivity contribution in [2.45, 2.75) is 45.4 Å². The highest BCUT2D eigenvalue weighted by Crippen LogP contribution is 2.44. The monoisotopic (exact) mass is 350 g/mol. The minimum Gasteiger partial charge on any atom is -0.465 e. The summed E-state index contributed by atoms with van der Waals surface area (Å²) in [5.41, 5.74) is 4.84. The molecule has 136 valence electrons. The second-order valence-electron chi connectivity index (χ2n) is 6.92. The van der Waals surface area contributed by atoms with Crippen molar-refractivity contribution in [1.29, 1.82) is 0 Å². The van der Waals surface area contributed by atoms with E-state index in [1.807, 2.05) is 38.1 Å². The van der Waals surface area contributed by atoms with Crippen molar-refractivity contribution < 1.29 is 14.3 Å². The van der Waals surface area contributed by atoms with Gasteiger partial charge in [-0.15, -0.1) is 0 Å². The first-order chi connectivity index (χ1) is 12.7. The standard InChI is InChI=1S/C23H26O3/c1-3-9-16(22(24)4-2)14-23(25)26-15-21-19-12-7-5-10-17(19)18-11-6-8-13-20(18)21/h5-8,10-13,16,21H,3-4,9,14-15H2,1-2H3. The number of ether oxygens (including phenoxy) is 1. The van der Waals surface area contributed by atoms with Crippen LogP contribution in [0.4, 0.5) is 0 Å². The number of hydrogen-bond donors (Lipinski definition) is 0. The van der Waals surface area contributed by atoms with Crippen LogP contribution in [0.2, 0.25) is 0 Å². The predicted octanol–water partition coefficient (Wildman–Crippen LogP) is 5.13. The Balaban J connectivity index is 1.70. The van der Waals surface area contributed by atoms with Crippen LogP contribution in [-0.2, 0) is 14.3 Å². The molecule has 1 unspecified atom stereocenters. The first kappa shape index (κ1) is 18.4. The summed E-state index contributed by atoms with van der Waals surface area (Å²) >= 11 is 0. The molecule has 0 aromatic heterocycles. The maximum Gasteiger partial charge on any atom is 0.306 e. The number of esters is 1. The van der Waals surface area contributed by atoms with Gasteiger partial charge in [-0.1, -0.05) is 68.8 Å². The van der Waals surface area contributed by atoms with Gasteiger partial charge in [0.1, 0.15) is 12.4 Å². The Bertz CT molecular complexity index is 748. The van der Waals surface area contributed by atoms with Crippen LogP contribution in [0.25, 0.3) is 11.1 Å². The largest absolute Gasteiger partial charge is 0.465 e. The molecule has 3 nitrogen and oxygen atoms in total. The van der Waals surface area contributed by atoms with Crippen LogP contribution in [0, 0.1) is 5.92 Å². The van der Waals surface area contributed by atoms with Gasteiger partial charge in [0.2, 0.25) is 0 Å². The third-order valence-electron chi connectivity index (χ3n) is 5.23. The SMILES string of the molecule is CCCC(CC(=O)OCC1c2ccccc2-c2ccccc21)C(=O)CC. The molecule has 0 amide bonds. The van der Waals surface area contributed by atoms with E-state index in [4.69, 9.17) is 4.74 Å². The molecular formula is C23H26O3. The third-order valence-corrected chi connectivity index (χ3v) is 5.23. The average molecular weight is 350 g/mol. The van der Waals surface area contributed by atoms with Gasteiger partial charge in [0, 0.05) is 18.3 Å². The number of hydrogen-bond acceptors (Lipinski definition) is 3. The molecule has 0 saturated heterocycles. The number of carbonyl (C=O) groups is 2. The lowest BCUT2D eigenvalue weighted by molar-refractivity contribution is -0.147. The van der Waals surface area contributed by atoms with Gasteiger partial charge in [0.15, 0.2) is 0 Å².